The maximum absolute atomic E-state index is 11.3. The summed E-state index contributed by atoms with van der Waals surface area (Å²) in [6, 6.07) is 9.62. The van der Waals surface area contributed by atoms with Crippen LogP contribution in [0.5, 0.6) is 0 Å². The van der Waals surface area contributed by atoms with Crippen LogP contribution in [-0.2, 0) is 11.3 Å². The molecular weight excluding hydrogens is 308 g/mol. The van der Waals surface area contributed by atoms with Gasteiger partial charge in [0.2, 0.25) is 0 Å². The van der Waals surface area contributed by atoms with Crippen LogP contribution < -0.4 is 5.32 Å². The molecule has 0 bridgehead atoms. The van der Waals surface area contributed by atoms with E-state index in [-0.39, 0.29) is 5.97 Å². The first-order valence-electron chi connectivity index (χ1n) is 5.87. The number of H-pyrrole nitrogens is 1. The summed E-state index contributed by atoms with van der Waals surface area (Å²) in [5.41, 5.74) is 3.58. The zero-order valence-electron chi connectivity index (χ0n) is 10.8. The zero-order valence-corrected chi connectivity index (χ0v) is 12.4. The number of nitrogens with one attached hydrogen (secondary N) is 2. The summed E-state index contributed by atoms with van der Waals surface area (Å²) in [5.74, 6) is -0.358. The highest BCUT2D eigenvalue weighted by Gasteiger charge is 2.08. The Morgan fingerprint density at radius 3 is 2.89 bits per heavy atom. The molecule has 0 spiro atoms. The molecule has 2 aromatic rings. The number of esters is 1. The van der Waals surface area contributed by atoms with Gasteiger partial charge >= 0.3 is 5.97 Å². The van der Waals surface area contributed by atoms with Crippen molar-refractivity contribution in [3.05, 3.63) is 51.8 Å². The molecule has 0 amide bonds. The first-order chi connectivity index (χ1) is 9.11. The average molecular weight is 323 g/mol. The van der Waals surface area contributed by atoms with Gasteiger partial charge < -0.3 is 15.0 Å². The van der Waals surface area contributed by atoms with Gasteiger partial charge in [-0.25, -0.2) is 4.79 Å². The number of aromatic amines is 1. The van der Waals surface area contributed by atoms with E-state index in [4.69, 9.17) is 0 Å². The van der Waals surface area contributed by atoms with Crippen molar-refractivity contribution in [3.8, 4) is 0 Å². The summed E-state index contributed by atoms with van der Waals surface area (Å²) >= 11 is 3.55. The zero-order chi connectivity index (χ0) is 13.8. The van der Waals surface area contributed by atoms with E-state index < -0.39 is 0 Å². The summed E-state index contributed by atoms with van der Waals surface area (Å²) in [4.78, 5) is 14.3. The minimum absolute atomic E-state index is 0.358. The van der Waals surface area contributed by atoms with Crippen molar-refractivity contribution in [2.45, 2.75) is 13.5 Å². The molecular formula is C14H15BrN2O2. The van der Waals surface area contributed by atoms with Gasteiger partial charge in [-0.3, -0.25) is 0 Å². The maximum atomic E-state index is 11.3. The Labute approximate surface area is 120 Å². The lowest BCUT2D eigenvalue weighted by Crippen LogP contribution is -2.04. The molecule has 0 radical (unpaired) electrons. The van der Waals surface area contributed by atoms with Gasteiger partial charge in [0.1, 0.15) is 5.69 Å². The van der Waals surface area contributed by atoms with E-state index in [0.29, 0.717) is 12.2 Å². The Bertz CT molecular complexity index is 593. The number of benzene rings is 1. The van der Waals surface area contributed by atoms with Crippen molar-refractivity contribution in [2.24, 2.45) is 0 Å². The first-order valence-corrected chi connectivity index (χ1v) is 6.66. The molecule has 19 heavy (non-hydrogen) atoms. The molecule has 0 aliphatic heterocycles. The number of aromatic nitrogens is 1. The predicted octanol–water partition coefficient (Wildman–Crippen LogP) is 3.48. The van der Waals surface area contributed by atoms with Crippen LogP contribution in [0.4, 0.5) is 5.69 Å². The highest BCUT2D eigenvalue weighted by molar-refractivity contribution is 9.10. The third kappa shape index (κ3) is 3.17. The molecule has 0 saturated heterocycles. The molecule has 0 unspecified atom stereocenters. The Hall–Kier alpha value is -1.75. The quantitative estimate of drug-likeness (QED) is 0.847. The molecule has 1 heterocycles. The van der Waals surface area contributed by atoms with Crippen molar-refractivity contribution in [1.82, 2.24) is 4.98 Å². The van der Waals surface area contributed by atoms with Crippen LogP contribution >= 0.6 is 15.9 Å². The van der Waals surface area contributed by atoms with Crippen LogP contribution in [0.2, 0.25) is 0 Å². The number of rotatable bonds is 4. The van der Waals surface area contributed by atoms with E-state index in [1.807, 2.05) is 31.2 Å². The molecule has 0 atom stereocenters. The van der Waals surface area contributed by atoms with Gasteiger partial charge in [0.05, 0.1) is 13.7 Å². The lowest BCUT2D eigenvalue weighted by molar-refractivity contribution is 0.0594. The van der Waals surface area contributed by atoms with Crippen LogP contribution in [-0.4, -0.2) is 18.1 Å². The molecule has 1 aromatic carbocycles. The second kappa shape index (κ2) is 5.93. The van der Waals surface area contributed by atoms with Crippen molar-refractivity contribution in [1.29, 1.82) is 0 Å². The Morgan fingerprint density at radius 1 is 1.37 bits per heavy atom. The molecule has 2 N–H and O–H groups in total. The topological polar surface area (TPSA) is 54.1 Å². The van der Waals surface area contributed by atoms with Gasteiger partial charge in [-0.15, -0.1) is 0 Å². The fraction of sp³-hybridized carbons (Fsp3) is 0.214. The molecule has 5 heteroatoms. The summed E-state index contributed by atoms with van der Waals surface area (Å²) in [6.45, 7) is 2.65. The van der Waals surface area contributed by atoms with Crippen LogP contribution in [0.25, 0.3) is 0 Å². The van der Waals surface area contributed by atoms with Crippen molar-refractivity contribution < 1.29 is 9.53 Å². The Morgan fingerprint density at radius 2 is 2.16 bits per heavy atom. The summed E-state index contributed by atoms with van der Waals surface area (Å²) < 4.78 is 5.70. The van der Waals surface area contributed by atoms with Gasteiger partial charge in [0.25, 0.3) is 0 Å². The van der Waals surface area contributed by atoms with E-state index in [2.05, 4.69) is 31.0 Å². The summed E-state index contributed by atoms with van der Waals surface area (Å²) in [6.07, 6.45) is 0. The highest BCUT2D eigenvalue weighted by atomic mass is 79.9. The number of aryl methyl sites for hydroxylation is 1. The number of halogens is 1. The lowest BCUT2D eigenvalue weighted by atomic mass is 10.2. The van der Waals surface area contributed by atoms with E-state index in [1.165, 1.54) is 12.7 Å². The monoisotopic (exact) mass is 322 g/mol. The van der Waals surface area contributed by atoms with Crippen molar-refractivity contribution >= 4 is 27.6 Å². The standard InChI is InChI=1S/C14H15BrN2O2/c1-9-4-3-5-11(13(9)15)16-8-10-6-7-12(17-10)14(18)19-2/h3-7,16-17H,8H2,1-2H3. The Balaban J connectivity index is 2.04. The number of ether oxygens (including phenoxy) is 1. The molecule has 0 aliphatic carbocycles. The van der Waals surface area contributed by atoms with E-state index in [0.717, 1.165) is 15.9 Å². The fourth-order valence-electron chi connectivity index (χ4n) is 1.75. The van der Waals surface area contributed by atoms with Crippen LogP contribution in [0.15, 0.2) is 34.8 Å². The number of methoxy groups -OCH3 is 1. The fourth-order valence-corrected chi connectivity index (χ4v) is 2.15. The van der Waals surface area contributed by atoms with Gasteiger partial charge in [0, 0.05) is 15.9 Å². The number of carbonyl (C=O) groups excluding carboxylic acids is 1. The molecule has 1 aromatic heterocycles. The van der Waals surface area contributed by atoms with Crippen molar-refractivity contribution in [2.75, 3.05) is 12.4 Å². The normalized spacial score (nSPS) is 10.3. The smallest absolute Gasteiger partial charge is 0.354 e. The molecule has 100 valence electrons. The number of carbonyl (C=O) groups is 1. The largest absolute Gasteiger partial charge is 0.464 e. The minimum atomic E-state index is -0.358. The second-order valence-corrected chi connectivity index (χ2v) is 4.97. The van der Waals surface area contributed by atoms with E-state index >= 15 is 0 Å². The van der Waals surface area contributed by atoms with Crippen LogP contribution in [0, 0.1) is 6.92 Å². The maximum Gasteiger partial charge on any atom is 0.354 e. The third-order valence-electron chi connectivity index (χ3n) is 2.81. The second-order valence-electron chi connectivity index (χ2n) is 4.18. The first kappa shape index (κ1) is 13.7. The van der Waals surface area contributed by atoms with Crippen LogP contribution in [0.3, 0.4) is 0 Å². The molecule has 4 nitrogen and oxygen atoms in total. The molecule has 0 fully saturated rings. The third-order valence-corrected chi connectivity index (χ3v) is 3.87. The SMILES string of the molecule is COC(=O)c1ccc(CNc2cccc(C)c2Br)[nH]1. The van der Waals surface area contributed by atoms with Gasteiger partial charge in [0.15, 0.2) is 0 Å². The van der Waals surface area contributed by atoms with Gasteiger partial charge in [-0.2, -0.15) is 0 Å². The summed E-state index contributed by atoms with van der Waals surface area (Å²) in [5, 5.41) is 3.31. The summed E-state index contributed by atoms with van der Waals surface area (Å²) in [7, 11) is 1.37. The average Bonchev–Trinajstić information content (AvgIpc) is 2.88. The number of hydrogen-bond donors (Lipinski definition) is 2. The molecule has 2 rings (SSSR count). The van der Waals surface area contributed by atoms with E-state index in [1.54, 1.807) is 6.07 Å². The Kier molecular flexibility index (Phi) is 4.27. The van der Waals surface area contributed by atoms with Gasteiger partial charge in [-0.1, -0.05) is 12.1 Å². The lowest BCUT2D eigenvalue weighted by Gasteiger charge is -2.09. The predicted molar refractivity (Wildman–Crippen MR) is 78.3 cm³/mol. The van der Waals surface area contributed by atoms with Crippen LogP contribution in [0.1, 0.15) is 21.7 Å². The molecule has 0 saturated carbocycles. The van der Waals surface area contributed by atoms with Crippen molar-refractivity contribution in [3.63, 3.8) is 0 Å². The van der Waals surface area contributed by atoms with E-state index in [9.17, 15) is 4.79 Å². The minimum Gasteiger partial charge on any atom is -0.464 e. The number of anilines is 1. The van der Waals surface area contributed by atoms with Gasteiger partial charge in [-0.05, 0) is 46.6 Å². The molecule has 0 aliphatic rings. The number of hydrogen-bond acceptors (Lipinski definition) is 3. The highest BCUT2D eigenvalue weighted by Crippen LogP contribution is 2.26.